The van der Waals surface area contributed by atoms with Crippen LogP contribution in [0.15, 0.2) is 23.3 Å². The minimum atomic E-state index is -1.97. The third kappa shape index (κ3) is 11.8. The van der Waals surface area contributed by atoms with E-state index in [2.05, 4.69) is 6.92 Å². The van der Waals surface area contributed by atoms with Crippen LogP contribution in [-0.2, 0) is 28.7 Å². The van der Waals surface area contributed by atoms with E-state index < -0.39 is 82.4 Å². The second-order valence-corrected chi connectivity index (χ2v) is 20.1. The summed E-state index contributed by atoms with van der Waals surface area (Å²) in [6.07, 6.45) is 22.8. The van der Waals surface area contributed by atoms with E-state index in [1.807, 2.05) is 33.8 Å². The highest BCUT2D eigenvalue weighted by Gasteiger charge is 2.86. The van der Waals surface area contributed by atoms with Crippen LogP contribution in [0.4, 0.5) is 0 Å². The molecule has 0 aromatic heterocycles. The van der Waals surface area contributed by atoms with Gasteiger partial charge >= 0.3 is 17.9 Å². The van der Waals surface area contributed by atoms with Crippen LogP contribution < -0.4 is 0 Å². The molecule has 2 saturated carbocycles. The first-order valence-electron chi connectivity index (χ1n) is 24.2. The number of ketones is 1. The van der Waals surface area contributed by atoms with Crippen molar-refractivity contribution >= 4 is 23.7 Å². The van der Waals surface area contributed by atoms with Gasteiger partial charge in [-0.05, 0) is 43.3 Å². The Kier molecular flexibility index (Phi) is 19.1. The fourth-order valence-corrected chi connectivity index (χ4v) is 11.8. The van der Waals surface area contributed by atoms with Crippen molar-refractivity contribution < 1.29 is 54.2 Å². The van der Waals surface area contributed by atoms with Crippen molar-refractivity contribution in [2.24, 2.45) is 35.0 Å². The number of carbonyl (C=O) groups excluding carboxylic acids is 2. The number of aliphatic hydroxyl groups excluding tert-OH is 1. The highest BCUT2D eigenvalue weighted by molar-refractivity contribution is 6.04. The van der Waals surface area contributed by atoms with Crippen LogP contribution in [-0.4, -0.2) is 84.8 Å². The van der Waals surface area contributed by atoms with E-state index >= 15 is 0 Å². The molecule has 2 unspecified atom stereocenters. The minimum absolute atomic E-state index is 0.107. The average Bonchev–Trinajstić information content (AvgIpc) is 3.63. The van der Waals surface area contributed by atoms with Crippen LogP contribution in [0.5, 0.6) is 0 Å². The molecule has 4 aliphatic carbocycles. The molecule has 348 valence electrons. The summed E-state index contributed by atoms with van der Waals surface area (Å²) in [6, 6.07) is 0. The van der Waals surface area contributed by atoms with Gasteiger partial charge in [0.2, 0.25) is 0 Å². The fourth-order valence-electron chi connectivity index (χ4n) is 11.8. The SMILES string of the molecule is CCCCCCCCCCCCCC(=O)O[C@@H]1[C@@H](C)[C@@]2(O)[C@@H](C=C(CO)C[C@]3(O)C(=O)C(C)=C[C@@H]23)[C@@H]2C(C)(C)[C@]12OC(CCCCCCCCCCC(=O)O)C(C)CC(=O)O. The third-order valence-electron chi connectivity index (χ3n) is 15.3. The fraction of sp³-hybridized carbons (Fsp3) is 0.840. The second kappa shape index (κ2) is 22.8. The van der Waals surface area contributed by atoms with Crippen LogP contribution >= 0.6 is 0 Å². The Balaban J connectivity index is 1.57. The summed E-state index contributed by atoms with van der Waals surface area (Å²) in [6.45, 7) is 11.3. The smallest absolute Gasteiger partial charge is 0.306 e. The molecule has 2 fully saturated rings. The predicted molar refractivity (Wildman–Crippen MR) is 236 cm³/mol. The number of aliphatic hydroxyl groups is 3. The van der Waals surface area contributed by atoms with E-state index in [1.165, 1.54) is 44.9 Å². The maximum absolute atomic E-state index is 14.0. The lowest BCUT2D eigenvalue weighted by molar-refractivity contribution is -0.240. The lowest BCUT2D eigenvalue weighted by atomic mass is 9.59. The molecule has 5 N–H and O–H groups in total. The third-order valence-corrected chi connectivity index (χ3v) is 15.3. The van der Waals surface area contributed by atoms with Gasteiger partial charge in [0.25, 0.3) is 0 Å². The maximum atomic E-state index is 14.0. The number of hydrogen-bond acceptors (Lipinski definition) is 9. The number of rotatable bonds is 30. The van der Waals surface area contributed by atoms with Gasteiger partial charge in [0.15, 0.2) is 5.78 Å². The summed E-state index contributed by atoms with van der Waals surface area (Å²) >= 11 is 0. The van der Waals surface area contributed by atoms with Crippen LogP contribution in [0.3, 0.4) is 0 Å². The standard InChI is InChI=1S/C50H82O11/c1-7-8-9-10-11-12-13-14-19-22-25-28-43(56)60-46-36(4)49(59)38(31-37(33-51)32-48(58)40(49)29-35(3)45(48)57)44-47(5,6)50(44,46)61-39(34(2)30-42(54)55)26-23-20-17-15-16-18-21-24-27-41(52)53/h29,31,34,36,38-40,44,46,51,58-59H,7-28,30,32-33H2,1-6H3,(H,52,53)(H,54,55)/t34?,36-,38+,39?,40-,44-,46-,48-,49-,50-/m1/s1. The van der Waals surface area contributed by atoms with Gasteiger partial charge in [-0.1, -0.05) is 156 Å². The summed E-state index contributed by atoms with van der Waals surface area (Å²) in [7, 11) is 0. The Morgan fingerprint density at radius 2 is 1.31 bits per heavy atom. The molecule has 0 heterocycles. The Hall–Kier alpha value is -2.60. The van der Waals surface area contributed by atoms with E-state index in [4.69, 9.17) is 14.6 Å². The molecule has 0 radical (unpaired) electrons. The monoisotopic (exact) mass is 859 g/mol. The molecule has 0 spiro atoms. The van der Waals surface area contributed by atoms with Crippen molar-refractivity contribution in [2.75, 3.05) is 6.61 Å². The molecule has 0 bridgehead atoms. The molecular formula is C50H82O11. The van der Waals surface area contributed by atoms with Crippen molar-refractivity contribution in [3.63, 3.8) is 0 Å². The zero-order chi connectivity index (χ0) is 45.0. The van der Waals surface area contributed by atoms with Gasteiger partial charge in [-0.15, -0.1) is 0 Å². The Bertz CT molecular complexity index is 1530. The number of ether oxygens (including phenoxy) is 2. The number of carboxylic acid groups (broad SMARTS) is 2. The molecule has 0 aromatic rings. The first-order chi connectivity index (χ1) is 28.9. The van der Waals surface area contributed by atoms with Gasteiger partial charge in [-0.2, -0.15) is 0 Å². The quantitative estimate of drug-likeness (QED) is 0.0263. The van der Waals surface area contributed by atoms with Crippen molar-refractivity contribution in [1.82, 2.24) is 0 Å². The highest BCUT2D eigenvalue weighted by atomic mass is 16.6. The predicted octanol–water partition coefficient (Wildman–Crippen LogP) is 9.67. The van der Waals surface area contributed by atoms with Crippen LogP contribution in [0.2, 0.25) is 0 Å². The van der Waals surface area contributed by atoms with Crippen molar-refractivity contribution in [3.8, 4) is 0 Å². The number of carbonyl (C=O) groups is 4. The summed E-state index contributed by atoms with van der Waals surface area (Å²) in [4.78, 5) is 50.6. The number of carboxylic acids is 2. The molecule has 61 heavy (non-hydrogen) atoms. The topological polar surface area (TPSA) is 188 Å². The van der Waals surface area contributed by atoms with E-state index in [0.29, 0.717) is 30.4 Å². The van der Waals surface area contributed by atoms with Gasteiger partial charge in [0.1, 0.15) is 17.3 Å². The molecule has 4 aliphatic rings. The number of hydrogen-bond donors (Lipinski definition) is 5. The molecule has 0 amide bonds. The summed E-state index contributed by atoms with van der Waals surface area (Å²) in [5, 5.41) is 54.9. The van der Waals surface area contributed by atoms with Crippen molar-refractivity contribution in [3.05, 3.63) is 23.3 Å². The van der Waals surface area contributed by atoms with Gasteiger partial charge in [-0.3, -0.25) is 19.2 Å². The Morgan fingerprint density at radius 3 is 1.84 bits per heavy atom. The van der Waals surface area contributed by atoms with E-state index in [9.17, 15) is 39.6 Å². The van der Waals surface area contributed by atoms with E-state index in [-0.39, 0.29) is 37.6 Å². The number of fused-ring (bicyclic) bond motifs is 5. The zero-order valence-electron chi connectivity index (χ0n) is 38.6. The molecule has 4 rings (SSSR count). The maximum Gasteiger partial charge on any atom is 0.306 e. The number of aliphatic carboxylic acids is 2. The first-order valence-corrected chi connectivity index (χ1v) is 24.2. The van der Waals surface area contributed by atoms with Crippen LogP contribution in [0, 0.1) is 35.0 Å². The number of esters is 1. The zero-order valence-corrected chi connectivity index (χ0v) is 38.6. The molecule has 0 saturated heterocycles. The molecule has 0 aromatic carbocycles. The normalized spacial score (nSPS) is 30.9. The molecule has 0 aliphatic heterocycles. The Labute approximate surface area is 366 Å². The van der Waals surface area contributed by atoms with E-state index in [1.54, 1.807) is 13.0 Å². The highest BCUT2D eigenvalue weighted by Crippen LogP contribution is 2.77. The average molecular weight is 859 g/mol. The molecule has 11 heteroatoms. The largest absolute Gasteiger partial charge is 0.481 e. The van der Waals surface area contributed by atoms with Crippen molar-refractivity contribution in [1.29, 1.82) is 0 Å². The van der Waals surface area contributed by atoms with E-state index in [0.717, 1.165) is 64.2 Å². The molecule has 10 atom stereocenters. The number of unbranched alkanes of at least 4 members (excludes halogenated alkanes) is 17. The van der Waals surface area contributed by atoms with Crippen molar-refractivity contribution in [2.45, 2.75) is 225 Å². The molecular weight excluding hydrogens is 777 g/mol. The second-order valence-electron chi connectivity index (χ2n) is 20.1. The Morgan fingerprint density at radius 1 is 0.787 bits per heavy atom. The lowest BCUT2D eigenvalue weighted by Gasteiger charge is -2.54. The number of Topliss-reactive ketones (excluding diaryl/α,β-unsaturated/α-hetero) is 1. The first kappa shape index (κ1) is 51.0. The lowest BCUT2D eigenvalue weighted by Crippen LogP contribution is -2.66. The van der Waals surface area contributed by atoms with Gasteiger partial charge in [0, 0.05) is 48.3 Å². The van der Waals surface area contributed by atoms with Crippen LogP contribution in [0.25, 0.3) is 0 Å². The van der Waals surface area contributed by atoms with Gasteiger partial charge in [0.05, 0.1) is 24.7 Å². The minimum Gasteiger partial charge on any atom is -0.481 e. The van der Waals surface area contributed by atoms with Crippen LogP contribution in [0.1, 0.15) is 196 Å². The van der Waals surface area contributed by atoms with Gasteiger partial charge in [-0.25, -0.2) is 0 Å². The summed E-state index contributed by atoms with van der Waals surface area (Å²) in [5.41, 5.74) is -4.73. The molecule has 11 nitrogen and oxygen atoms in total. The summed E-state index contributed by atoms with van der Waals surface area (Å²) < 4.78 is 13.9. The summed E-state index contributed by atoms with van der Waals surface area (Å²) in [5.74, 6) is -5.89. The van der Waals surface area contributed by atoms with Gasteiger partial charge < -0.3 is 35.0 Å².